The SMILES string of the molecule is C=CCn1c(SCC(=O)Nc2sc(C)cc2C(=O)OC)nnc1-c1ccc(F)cc1. The van der Waals surface area contributed by atoms with Crippen LogP contribution in [0, 0.1) is 12.7 Å². The van der Waals surface area contributed by atoms with Crippen LogP contribution in [0.3, 0.4) is 0 Å². The van der Waals surface area contributed by atoms with Gasteiger partial charge in [-0.05, 0) is 37.3 Å². The zero-order chi connectivity index (χ0) is 21.7. The smallest absolute Gasteiger partial charge is 0.340 e. The molecule has 7 nitrogen and oxygen atoms in total. The molecule has 0 saturated heterocycles. The Hall–Kier alpha value is -2.98. The number of benzene rings is 1. The molecular weight excluding hydrogens is 427 g/mol. The second-order valence-corrected chi connectivity index (χ2v) is 8.34. The number of amides is 1. The van der Waals surface area contributed by atoms with Gasteiger partial charge >= 0.3 is 5.97 Å². The summed E-state index contributed by atoms with van der Waals surface area (Å²) in [6, 6.07) is 7.62. The maximum Gasteiger partial charge on any atom is 0.340 e. The first-order chi connectivity index (χ1) is 14.4. The Labute approximate surface area is 181 Å². The molecule has 10 heteroatoms. The van der Waals surface area contributed by atoms with E-state index in [0.29, 0.717) is 33.7 Å². The zero-order valence-corrected chi connectivity index (χ0v) is 18.0. The van der Waals surface area contributed by atoms with Crippen LogP contribution in [0.15, 0.2) is 48.1 Å². The number of methoxy groups -OCH3 is 1. The van der Waals surface area contributed by atoms with Gasteiger partial charge in [-0.25, -0.2) is 9.18 Å². The Balaban J connectivity index is 1.73. The van der Waals surface area contributed by atoms with Crippen molar-refractivity contribution in [2.24, 2.45) is 0 Å². The van der Waals surface area contributed by atoms with E-state index in [1.165, 1.54) is 42.3 Å². The molecule has 0 bridgehead atoms. The highest BCUT2D eigenvalue weighted by Gasteiger charge is 2.19. The molecule has 0 fully saturated rings. The van der Waals surface area contributed by atoms with E-state index in [-0.39, 0.29) is 17.5 Å². The Morgan fingerprint density at radius 2 is 2.07 bits per heavy atom. The number of esters is 1. The van der Waals surface area contributed by atoms with Crippen molar-refractivity contribution in [3.8, 4) is 11.4 Å². The lowest BCUT2D eigenvalue weighted by molar-refractivity contribution is -0.113. The normalized spacial score (nSPS) is 10.6. The molecule has 3 aromatic rings. The van der Waals surface area contributed by atoms with E-state index in [1.54, 1.807) is 28.8 Å². The minimum absolute atomic E-state index is 0.0657. The van der Waals surface area contributed by atoms with Crippen LogP contribution < -0.4 is 5.32 Å². The Morgan fingerprint density at radius 1 is 1.33 bits per heavy atom. The number of carbonyl (C=O) groups is 2. The largest absolute Gasteiger partial charge is 0.465 e. The van der Waals surface area contributed by atoms with E-state index < -0.39 is 5.97 Å². The van der Waals surface area contributed by atoms with Crippen LogP contribution in [0.1, 0.15) is 15.2 Å². The molecule has 2 aromatic heterocycles. The Kier molecular flexibility index (Phi) is 7.01. The molecule has 3 rings (SSSR count). The number of hydrogen-bond acceptors (Lipinski definition) is 7. The average Bonchev–Trinajstić information content (AvgIpc) is 3.30. The molecule has 0 atom stereocenters. The van der Waals surface area contributed by atoms with Gasteiger partial charge in [-0.1, -0.05) is 17.8 Å². The quantitative estimate of drug-likeness (QED) is 0.318. The summed E-state index contributed by atoms with van der Waals surface area (Å²) in [4.78, 5) is 25.2. The molecule has 30 heavy (non-hydrogen) atoms. The topological polar surface area (TPSA) is 86.1 Å². The number of thiophene rings is 1. The molecule has 1 amide bonds. The van der Waals surface area contributed by atoms with Gasteiger partial charge in [0.2, 0.25) is 5.91 Å². The van der Waals surface area contributed by atoms with Crippen LogP contribution in [-0.4, -0.2) is 39.5 Å². The molecule has 2 heterocycles. The third-order valence-electron chi connectivity index (χ3n) is 3.98. The van der Waals surface area contributed by atoms with Crippen molar-refractivity contribution in [2.45, 2.75) is 18.6 Å². The highest BCUT2D eigenvalue weighted by Crippen LogP contribution is 2.29. The molecule has 0 saturated carbocycles. The highest BCUT2D eigenvalue weighted by molar-refractivity contribution is 7.99. The fourth-order valence-corrected chi connectivity index (χ4v) is 4.33. The summed E-state index contributed by atoms with van der Waals surface area (Å²) in [6.07, 6.45) is 1.69. The average molecular weight is 447 g/mol. The minimum atomic E-state index is -0.503. The Bertz CT molecular complexity index is 1080. The monoisotopic (exact) mass is 446 g/mol. The summed E-state index contributed by atoms with van der Waals surface area (Å²) >= 11 is 2.51. The molecule has 1 N–H and O–H groups in total. The molecular formula is C20H19FN4O3S2. The summed E-state index contributed by atoms with van der Waals surface area (Å²) in [6.45, 7) is 6.02. The first-order valence-corrected chi connectivity index (χ1v) is 10.6. The summed E-state index contributed by atoms with van der Waals surface area (Å²) in [5.41, 5.74) is 1.03. The number of nitrogens with zero attached hydrogens (tertiary/aromatic N) is 3. The molecule has 156 valence electrons. The van der Waals surface area contributed by atoms with Crippen molar-refractivity contribution in [3.63, 3.8) is 0 Å². The molecule has 0 spiro atoms. The predicted octanol–water partition coefficient (Wildman–Crippen LogP) is 4.16. The summed E-state index contributed by atoms with van der Waals surface area (Å²) in [5, 5.41) is 12.1. The van der Waals surface area contributed by atoms with Crippen LogP contribution in [0.25, 0.3) is 11.4 Å². The molecule has 1 aromatic carbocycles. The fraction of sp³-hybridized carbons (Fsp3) is 0.200. The van der Waals surface area contributed by atoms with E-state index in [2.05, 4.69) is 22.1 Å². The number of aromatic nitrogens is 3. The number of thioether (sulfide) groups is 1. The van der Waals surface area contributed by atoms with Gasteiger partial charge in [-0.2, -0.15) is 0 Å². The maximum atomic E-state index is 13.2. The van der Waals surface area contributed by atoms with E-state index >= 15 is 0 Å². The summed E-state index contributed by atoms with van der Waals surface area (Å²) in [5.74, 6) is -0.508. The van der Waals surface area contributed by atoms with Gasteiger partial charge in [0.15, 0.2) is 11.0 Å². The van der Waals surface area contributed by atoms with Crippen molar-refractivity contribution in [2.75, 3.05) is 18.2 Å². The van der Waals surface area contributed by atoms with Crippen LogP contribution in [0.4, 0.5) is 9.39 Å². The summed E-state index contributed by atoms with van der Waals surface area (Å²) < 4.78 is 19.8. The molecule has 0 radical (unpaired) electrons. The molecule has 0 aliphatic heterocycles. The van der Waals surface area contributed by atoms with Gasteiger partial charge in [0, 0.05) is 17.0 Å². The number of allylic oxidation sites excluding steroid dienone is 1. The standard InChI is InChI=1S/C20H19FN4O3S2/c1-4-9-25-17(13-5-7-14(21)8-6-13)23-24-20(25)29-11-16(26)22-18-15(19(27)28-3)10-12(2)30-18/h4-8,10H,1,9,11H2,2-3H3,(H,22,26). The van der Waals surface area contributed by atoms with Gasteiger partial charge in [-0.15, -0.1) is 28.1 Å². The van der Waals surface area contributed by atoms with E-state index in [1.807, 2.05) is 6.92 Å². The second-order valence-electron chi connectivity index (χ2n) is 6.14. The van der Waals surface area contributed by atoms with Gasteiger partial charge in [0.25, 0.3) is 0 Å². The van der Waals surface area contributed by atoms with Crippen LogP contribution in [0.5, 0.6) is 0 Å². The lowest BCUT2D eigenvalue weighted by Crippen LogP contribution is -2.16. The summed E-state index contributed by atoms with van der Waals surface area (Å²) in [7, 11) is 1.29. The third kappa shape index (κ3) is 4.95. The van der Waals surface area contributed by atoms with Crippen LogP contribution in [0.2, 0.25) is 0 Å². The van der Waals surface area contributed by atoms with Crippen molar-refractivity contribution in [1.29, 1.82) is 0 Å². The minimum Gasteiger partial charge on any atom is -0.465 e. The number of anilines is 1. The van der Waals surface area contributed by atoms with Gasteiger partial charge in [0.05, 0.1) is 18.4 Å². The van der Waals surface area contributed by atoms with Crippen molar-refractivity contribution in [1.82, 2.24) is 14.8 Å². The Morgan fingerprint density at radius 3 is 2.73 bits per heavy atom. The molecule has 0 unspecified atom stereocenters. The maximum absolute atomic E-state index is 13.2. The zero-order valence-electron chi connectivity index (χ0n) is 16.3. The lowest BCUT2D eigenvalue weighted by Gasteiger charge is -2.08. The molecule has 0 aliphatic rings. The fourth-order valence-electron chi connectivity index (χ4n) is 2.66. The number of nitrogens with one attached hydrogen (secondary N) is 1. The van der Waals surface area contributed by atoms with Crippen LogP contribution in [-0.2, 0) is 16.1 Å². The van der Waals surface area contributed by atoms with E-state index in [9.17, 15) is 14.0 Å². The van der Waals surface area contributed by atoms with Gasteiger partial charge in [0.1, 0.15) is 10.8 Å². The first-order valence-electron chi connectivity index (χ1n) is 8.84. The van der Waals surface area contributed by atoms with E-state index in [0.717, 1.165) is 4.88 Å². The number of rotatable bonds is 8. The van der Waals surface area contributed by atoms with E-state index in [4.69, 9.17) is 4.74 Å². The van der Waals surface area contributed by atoms with Crippen LogP contribution >= 0.6 is 23.1 Å². The highest BCUT2D eigenvalue weighted by atomic mass is 32.2. The number of carbonyl (C=O) groups excluding carboxylic acids is 2. The van der Waals surface area contributed by atoms with Crippen molar-refractivity contribution >= 4 is 40.0 Å². The molecule has 0 aliphatic carbocycles. The number of aryl methyl sites for hydroxylation is 1. The number of ether oxygens (including phenoxy) is 1. The third-order valence-corrected chi connectivity index (χ3v) is 5.91. The van der Waals surface area contributed by atoms with Crippen molar-refractivity contribution < 1.29 is 18.7 Å². The first kappa shape index (κ1) is 21.7. The van der Waals surface area contributed by atoms with Gasteiger partial charge in [-0.3, -0.25) is 9.36 Å². The number of halogens is 1. The van der Waals surface area contributed by atoms with Gasteiger partial charge < -0.3 is 10.1 Å². The second kappa shape index (κ2) is 9.68. The predicted molar refractivity (Wildman–Crippen MR) is 115 cm³/mol. The number of hydrogen-bond donors (Lipinski definition) is 1. The van der Waals surface area contributed by atoms with Crippen molar-refractivity contribution in [3.05, 3.63) is 59.2 Å². The lowest BCUT2D eigenvalue weighted by atomic mass is 10.2.